The number of hydrogen-bond acceptors (Lipinski definition) is 7. The summed E-state index contributed by atoms with van der Waals surface area (Å²) >= 11 is 0. The number of rotatable bonds is 3. The molecule has 0 unspecified atom stereocenters. The SMILES string of the molecule is C[C@@H](O)[C@H](N)c1nc(-c2ncccn2)no1. The van der Waals surface area contributed by atoms with Crippen molar-refractivity contribution in [3.8, 4) is 11.6 Å². The highest BCUT2D eigenvalue weighted by Crippen LogP contribution is 2.15. The molecule has 0 aromatic carbocycles. The van der Waals surface area contributed by atoms with Crippen molar-refractivity contribution in [1.82, 2.24) is 20.1 Å². The third kappa shape index (κ3) is 2.05. The van der Waals surface area contributed by atoms with Gasteiger partial charge >= 0.3 is 0 Å². The standard InChI is InChI=1S/C9H11N5O2/c1-5(15)6(10)9-13-8(14-16-9)7-11-3-2-4-12-7/h2-6,15H,10H2,1H3/t5-,6+/m1/s1. The molecule has 2 atom stereocenters. The van der Waals surface area contributed by atoms with E-state index in [1.165, 1.54) is 0 Å². The van der Waals surface area contributed by atoms with Gasteiger partial charge in [0, 0.05) is 12.4 Å². The van der Waals surface area contributed by atoms with Gasteiger partial charge in [-0.15, -0.1) is 0 Å². The highest BCUT2D eigenvalue weighted by Gasteiger charge is 2.20. The van der Waals surface area contributed by atoms with Crippen molar-refractivity contribution < 1.29 is 9.63 Å². The molecule has 0 aliphatic rings. The van der Waals surface area contributed by atoms with Crippen LogP contribution in [-0.2, 0) is 0 Å². The minimum atomic E-state index is -0.759. The highest BCUT2D eigenvalue weighted by molar-refractivity contribution is 5.40. The summed E-state index contributed by atoms with van der Waals surface area (Å²) in [6.45, 7) is 1.55. The summed E-state index contributed by atoms with van der Waals surface area (Å²) in [4.78, 5) is 11.9. The molecule has 0 fully saturated rings. The molecule has 2 heterocycles. The maximum atomic E-state index is 9.27. The van der Waals surface area contributed by atoms with Crippen molar-refractivity contribution in [3.05, 3.63) is 24.4 Å². The van der Waals surface area contributed by atoms with Gasteiger partial charge < -0.3 is 15.4 Å². The van der Waals surface area contributed by atoms with Gasteiger partial charge in [-0.05, 0) is 13.0 Å². The summed E-state index contributed by atoms with van der Waals surface area (Å²) in [7, 11) is 0. The lowest BCUT2D eigenvalue weighted by atomic mass is 10.2. The van der Waals surface area contributed by atoms with Crippen LogP contribution in [0.15, 0.2) is 23.0 Å². The number of aromatic nitrogens is 4. The summed E-state index contributed by atoms with van der Waals surface area (Å²) in [6.07, 6.45) is 2.39. The topological polar surface area (TPSA) is 111 Å². The summed E-state index contributed by atoms with van der Waals surface area (Å²) in [5.74, 6) is 0.777. The predicted molar refractivity (Wildman–Crippen MR) is 53.9 cm³/mol. The van der Waals surface area contributed by atoms with Crippen molar-refractivity contribution >= 4 is 0 Å². The van der Waals surface area contributed by atoms with Gasteiger partial charge in [0.25, 0.3) is 0 Å². The molecule has 0 amide bonds. The number of hydrogen-bond donors (Lipinski definition) is 2. The molecule has 0 aliphatic carbocycles. The van der Waals surface area contributed by atoms with Crippen LogP contribution in [0.25, 0.3) is 11.6 Å². The molecule has 0 bridgehead atoms. The van der Waals surface area contributed by atoms with E-state index in [2.05, 4.69) is 20.1 Å². The van der Waals surface area contributed by atoms with Gasteiger partial charge in [-0.2, -0.15) is 4.98 Å². The smallest absolute Gasteiger partial charge is 0.246 e. The van der Waals surface area contributed by atoms with E-state index < -0.39 is 12.1 Å². The molecular formula is C9H11N5O2. The van der Waals surface area contributed by atoms with E-state index in [4.69, 9.17) is 10.3 Å². The number of nitrogens with zero attached hydrogens (tertiary/aromatic N) is 4. The molecule has 0 saturated carbocycles. The molecule has 0 aliphatic heterocycles. The van der Waals surface area contributed by atoms with E-state index in [-0.39, 0.29) is 11.7 Å². The zero-order chi connectivity index (χ0) is 11.5. The Morgan fingerprint density at radius 3 is 2.62 bits per heavy atom. The van der Waals surface area contributed by atoms with Crippen LogP contribution < -0.4 is 5.73 Å². The second-order valence-electron chi connectivity index (χ2n) is 3.30. The summed E-state index contributed by atoms with van der Waals surface area (Å²) < 4.78 is 4.92. The minimum Gasteiger partial charge on any atom is -0.391 e. The number of aliphatic hydroxyl groups is 1. The Balaban J connectivity index is 2.27. The van der Waals surface area contributed by atoms with Crippen molar-refractivity contribution in [2.24, 2.45) is 5.73 Å². The first-order valence-electron chi connectivity index (χ1n) is 4.73. The van der Waals surface area contributed by atoms with E-state index in [0.717, 1.165) is 0 Å². The van der Waals surface area contributed by atoms with Crippen LogP contribution in [-0.4, -0.2) is 31.3 Å². The van der Waals surface area contributed by atoms with Crippen LogP contribution in [0.2, 0.25) is 0 Å². The fourth-order valence-corrected chi connectivity index (χ4v) is 1.08. The molecule has 16 heavy (non-hydrogen) atoms. The highest BCUT2D eigenvalue weighted by atomic mass is 16.5. The van der Waals surface area contributed by atoms with Crippen LogP contribution >= 0.6 is 0 Å². The maximum Gasteiger partial charge on any atom is 0.246 e. The average Bonchev–Trinajstić information content (AvgIpc) is 2.78. The third-order valence-electron chi connectivity index (χ3n) is 2.01. The summed E-state index contributed by atoms with van der Waals surface area (Å²) in [5.41, 5.74) is 5.64. The Hall–Kier alpha value is -1.86. The average molecular weight is 221 g/mol. The monoisotopic (exact) mass is 221 g/mol. The van der Waals surface area contributed by atoms with Crippen molar-refractivity contribution in [1.29, 1.82) is 0 Å². The molecular weight excluding hydrogens is 210 g/mol. The third-order valence-corrected chi connectivity index (χ3v) is 2.01. The van der Waals surface area contributed by atoms with Crippen molar-refractivity contribution in [3.63, 3.8) is 0 Å². The Bertz CT molecular complexity index is 456. The Labute approximate surface area is 91.3 Å². The molecule has 0 radical (unpaired) electrons. The molecule has 3 N–H and O–H groups in total. The summed E-state index contributed by atoms with van der Waals surface area (Å²) in [5, 5.41) is 13.0. The minimum absolute atomic E-state index is 0.164. The van der Waals surface area contributed by atoms with Crippen molar-refractivity contribution in [2.45, 2.75) is 19.1 Å². The van der Waals surface area contributed by atoms with E-state index >= 15 is 0 Å². The molecule has 84 valence electrons. The zero-order valence-electron chi connectivity index (χ0n) is 8.61. The Kier molecular flexibility index (Phi) is 2.88. The number of nitrogens with two attached hydrogens (primary N) is 1. The van der Waals surface area contributed by atoms with Gasteiger partial charge in [0.15, 0.2) is 0 Å². The second-order valence-corrected chi connectivity index (χ2v) is 3.30. The fraction of sp³-hybridized carbons (Fsp3) is 0.333. The van der Waals surface area contributed by atoms with E-state index in [0.29, 0.717) is 5.82 Å². The molecule has 7 heteroatoms. The van der Waals surface area contributed by atoms with E-state index in [1.54, 1.807) is 25.4 Å². The molecule has 0 saturated heterocycles. The van der Waals surface area contributed by atoms with Gasteiger partial charge in [-0.3, -0.25) is 0 Å². The van der Waals surface area contributed by atoms with Crippen molar-refractivity contribution in [2.75, 3.05) is 0 Å². The predicted octanol–water partition coefficient (Wildman–Crippen LogP) is -0.0928. The van der Waals surface area contributed by atoms with Crippen LogP contribution in [0, 0.1) is 0 Å². The van der Waals surface area contributed by atoms with Gasteiger partial charge in [0.05, 0.1) is 6.10 Å². The quantitative estimate of drug-likeness (QED) is 0.744. The van der Waals surface area contributed by atoms with Crippen LogP contribution in [0.3, 0.4) is 0 Å². The van der Waals surface area contributed by atoms with Crippen LogP contribution in [0.5, 0.6) is 0 Å². The number of aliphatic hydroxyl groups excluding tert-OH is 1. The van der Waals surface area contributed by atoms with E-state index in [1.807, 2.05) is 0 Å². The normalized spacial score (nSPS) is 14.7. The second kappa shape index (κ2) is 4.33. The molecule has 2 aromatic rings. The fourth-order valence-electron chi connectivity index (χ4n) is 1.08. The van der Waals surface area contributed by atoms with Gasteiger partial charge in [-0.25, -0.2) is 9.97 Å². The Morgan fingerprint density at radius 1 is 1.31 bits per heavy atom. The van der Waals surface area contributed by atoms with Crippen LogP contribution in [0.1, 0.15) is 18.9 Å². The zero-order valence-corrected chi connectivity index (χ0v) is 8.61. The first kappa shape index (κ1) is 10.7. The molecule has 2 rings (SSSR count). The van der Waals surface area contributed by atoms with Crippen LogP contribution in [0.4, 0.5) is 0 Å². The lowest BCUT2D eigenvalue weighted by Gasteiger charge is -2.08. The van der Waals surface area contributed by atoms with Gasteiger partial charge in [0.2, 0.25) is 17.5 Å². The Morgan fingerprint density at radius 2 is 2.00 bits per heavy atom. The van der Waals surface area contributed by atoms with E-state index in [9.17, 15) is 5.11 Å². The first-order valence-corrected chi connectivity index (χ1v) is 4.73. The van der Waals surface area contributed by atoms with Gasteiger partial charge in [-0.1, -0.05) is 5.16 Å². The molecule has 2 aromatic heterocycles. The summed E-state index contributed by atoms with van der Waals surface area (Å²) in [6, 6.07) is 0.983. The first-order chi connectivity index (χ1) is 7.68. The molecule has 0 spiro atoms. The largest absolute Gasteiger partial charge is 0.391 e. The lowest BCUT2D eigenvalue weighted by molar-refractivity contribution is 0.146. The lowest BCUT2D eigenvalue weighted by Crippen LogP contribution is -2.23. The van der Waals surface area contributed by atoms with Gasteiger partial charge in [0.1, 0.15) is 6.04 Å². The maximum absolute atomic E-state index is 9.27. The molecule has 7 nitrogen and oxygen atoms in total.